The van der Waals surface area contributed by atoms with Crippen LogP contribution in [0.4, 0.5) is 20.2 Å². The molecule has 0 radical (unpaired) electrons. The Kier molecular flexibility index (Phi) is 4.46. The molecular formula is C15H11F2N3O. The minimum atomic E-state index is -0.712. The number of carbonyl (C=O) groups excluding carboxylic acids is 1. The number of carbonyl (C=O) groups is 1. The third kappa shape index (κ3) is 4.01. The van der Waals surface area contributed by atoms with Gasteiger partial charge in [0.1, 0.15) is 11.6 Å². The number of anilines is 2. The van der Waals surface area contributed by atoms with Crippen LogP contribution in [0.2, 0.25) is 0 Å². The van der Waals surface area contributed by atoms with Gasteiger partial charge in [0.2, 0.25) is 5.91 Å². The van der Waals surface area contributed by atoms with Gasteiger partial charge in [-0.15, -0.1) is 0 Å². The summed E-state index contributed by atoms with van der Waals surface area (Å²) in [5, 5.41) is 13.8. The number of nitrogens with zero attached hydrogens (tertiary/aromatic N) is 1. The third-order valence-corrected chi connectivity index (χ3v) is 2.65. The van der Waals surface area contributed by atoms with Crippen molar-refractivity contribution in [1.82, 2.24) is 0 Å². The predicted molar refractivity (Wildman–Crippen MR) is 74.6 cm³/mol. The van der Waals surface area contributed by atoms with Crippen LogP contribution in [0, 0.1) is 23.0 Å². The second kappa shape index (κ2) is 6.48. The maximum Gasteiger partial charge on any atom is 0.243 e. The van der Waals surface area contributed by atoms with E-state index in [2.05, 4.69) is 10.6 Å². The molecule has 0 spiro atoms. The number of hydrogen-bond donors (Lipinski definition) is 2. The summed E-state index contributed by atoms with van der Waals surface area (Å²) in [5.74, 6) is -1.88. The van der Waals surface area contributed by atoms with Crippen LogP contribution >= 0.6 is 0 Å². The molecule has 0 aliphatic rings. The summed E-state index contributed by atoms with van der Waals surface area (Å²) in [5.41, 5.74) is 0.827. The molecule has 0 fully saturated rings. The second-order valence-corrected chi connectivity index (χ2v) is 4.22. The molecular weight excluding hydrogens is 276 g/mol. The van der Waals surface area contributed by atoms with Gasteiger partial charge in [-0.25, -0.2) is 8.78 Å². The van der Waals surface area contributed by atoms with Gasteiger partial charge in [-0.1, -0.05) is 6.07 Å². The fourth-order valence-corrected chi connectivity index (χ4v) is 1.67. The average Bonchev–Trinajstić information content (AvgIpc) is 2.49. The number of halogens is 2. The van der Waals surface area contributed by atoms with E-state index in [1.165, 1.54) is 0 Å². The van der Waals surface area contributed by atoms with E-state index in [9.17, 15) is 13.6 Å². The first-order chi connectivity index (χ1) is 10.1. The molecule has 0 bridgehead atoms. The van der Waals surface area contributed by atoms with Crippen LogP contribution in [0.25, 0.3) is 0 Å². The molecule has 2 aromatic carbocycles. The van der Waals surface area contributed by atoms with Crippen molar-refractivity contribution in [2.45, 2.75) is 0 Å². The lowest BCUT2D eigenvalue weighted by Crippen LogP contribution is -2.22. The molecule has 2 rings (SSSR count). The second-order valence-electron chi connectivity index (χ2n) is 4.22. The summed E-state index contributed by atoms with van der Waals surface area (Å²) in [4.78, 5) is 11.7. The van der Waals surface area contributed by atoms with E-state index in [1.807, 2.05) is 6.07 Å². The van der Waals surface area contributed by atoms with Gasteiger partial charge >= 0.3 is 0 Å². The first kappa shape index (κ1) is 14.5. The number of benzene rings is 2. The number of nitriles is 1. The van der Waals surface area contributed by atoms with Gasteiger partial charge in [0.25, 0.3) is 0 Å². The van der Waals surface area contributed by atoms with E-state index in [4.69, 9.17) is 5.26 Å². The van der Waals surface area contributed by atoms with E-state index in [0.29, 0.717) is 11.3 Å². The fraction of sp³-hybridized carbons (Fsp3) is 0.0667. The van der Waals surface area contributed by atoms with Gasteiger partial charge in [-0.05, 0) is 30.3 Å². The molecule has 0 unspecified atom stereocenters. The molecule has 6 heteroatoms. The Morgan fingerprint density at radius 3 is 2.76 bits per heavy atom. The first-order valence-electron chi connectivity index (χ1n) is 6.07. The standard InChI is InChI=1S/C15H11F2N3O/c16-11-4-5-13(17)14(7-11)20-15(21)9-19-12-3-1-2-10(6-12)8-18/h1-7,19H,9H2,(H,20,21). The molecule has 2 N–H and O–H groups in total. The molecule has 0 aliphatic carbocycles. The Morgan fingerprint density at radius 1 is 1.19 bits per heavy atom. The molecule has 0 saturated carbocycles. The van der Waals surface area contributed by atoms with E-state index in [0.717, 1.165) is 18.2 Å². The monoisotopic (exact) mass is 287 g/mol. The number of amides is 1. The van der Waals surface area contributed by atoms with Crippen LogP contribution in [0.3, 0.4) is 0 Å². The van der Waals surface area contributed by atoms with E-state index in [1.54, 1.807) is 24.3 Å². The molecule has 0 aliphatic heterocycles. The summed E-state index contributed by atoms with van der Waals surface area (Å²) >= 11 is 0. The van der Waals surface area contributed by atoms with Gasteiger partial charge in [-0.3, -0.25) is 4.79 Å². The minimum Gasteiger partial charge on any atom is -0.376 e. The number of nitrogens with one attached hydrogen (secondary N) is 2. The molecule has 4 nitrogen and oxygen atoms in total. The minimum absolute atomic E-state index is 0.134. The zero-order valence-electron chi connectivity index (χ0n) is 10.9. The van der Waals surface area contributed by atoms with E-state index < -0.39 is 17.5 Å². The normalized spacial score (nSPS) is 9.76. The van der Waals surface area contributed by atoms with Crippen LogP contribution in [0.5, 0.6) is 0 Å². The molecule has 0 heterocycles. The molecule has 0 aromatic heterocycles. The molecule has 21 heavy (non-hydrogen) atoms. The maximum atomic E-state index is 13.4. The fourth-order valence-electron chi connectivity index (χ4n) is 1.67. The lowest BCUT2D eigenvalue weighted by molar-refractivity contribution is -0.114. The largest absolute Gasteiger partial charge is 0.376 e. The van der Waals surface area contributed by atoms with Crippen LogP contribution in [0.15, 0.2) is 42.5 Å². The first-order valence-corrected chi connectivity index (χ1v) is 6.07. The van der Waals surface area contributed by atoms with Gasteiger partial charge in [0.05, 0.1) is 23.9 Å². The van der Waals surface area contributed by atoms with Crippen LogP contribution in [0.1, 0.15) is 5.56 Å². The quantitative estimate of drug-likeness (QED) is 0.908. The highest BCUT2D eigenvalue weighted by molar-refractivity contribution is 5.93. The third-order valence-electron chi connectivity index (χ3n) is 2.65. The summed E-state index contributed by atoms with van der Waals surface area (Å²) in [7, 11) is 0. The summed E-state index contributed by atoms with van der Waals surface area (Å²) < 4.78 is 26.3. The highest BCUT2D eigenvalue weighted by Gasteiger charge is 2.08. The Morgan fingerprint density at radius 2 is 2.00 bits per heavy atom. The van der Waals surface area contributed by atoms with Crippen molar-refractivity contribution in [3.05, 3.63) is 59.7 Å². The summed E-state index contributed by atoms with van der Waals surface area (Å²) in [6.07, 6.45) is 0. The Balaban J connectivity index is 1.96. The van der Waals surface area contributed by atoms with E-state index in [-0.39, 0.29) is 12.2 Å². The average molecular weight is 287 g/mol. The van der Waals surface area contributed by atoms with Crippen LogP contribution < -0.4 is 10.6 Å². The lowest BCUT2D eigenvalue weighted by Gasteiger charge is -2.08. The van der Waals surface area contributed by atoms with Crippen molar-refractivity contribution in [3.63, 3.8) is 0 Å². The van der Waals surface area contributed by atoms with Gasteiger partial charge in [-0.2, -0.15) is 5.26 Å². The van der Waals surface area contributed by atoms with Crippen LogP contribution in [-0.4, -0.2) is 12.5 Å². The SMILES string of the molecule is N#Cc1cccc(NCC(=O)Nc2cc(F)ccc2F)c1. The van der Waals surface area contributed by atoms with Gasteiger partial charge in [0.15, 0.2) is 0 Å². The lowest BCUT2D eigenvalue weighted by atomic mass is 10.2. The van der Waals surface area contributed by atoms with Gasteiger partial charge in [0, 0.05) is 11.8 Å². The van der Waals surface area contributed by atoms with Crippen molar-refractivity contribution < 1.29 is 13.6 Å². The Labute approximate surface area is 120 Å². The Hall–Kier alpha value is -2.94. The number of rotatable bonds is 4. The summed E-state index contributed by atoms with van der Waals surface area (Å²) in [6, 6.07) is 11.4. The van der Waals surface area contributed by atoms with Crippen molar-refractivity contribution in [3.8, 4) is 6.07 Å². The molecule has 0 saturated heterocycles. The number of hydrogen-bond acceptors (Lipinski definition) is 3. The highest BCUT2D eigenvalue weighted by Crippen LogP contribution is 2.15. The van der Waals surface area contributed by atoms with E-state index >= 15 is 0 Å². The van der Waals surface area contributed by atoms with Crippen molar-refractivity contribution in [2.75, 3.05) is 17.2 Å². The smallest absolute Gasteiger partial charge is 0.243 e. The highest BCUT2D eigenvalue weighted by atomic mass is 19.1. The maximum absolute atomic E-state index is 13.4. The molecule has 2 aromatic rings. The van der Waals surface area contributed by atoms with Crippen LogP contribution in [-0.2, 0) is 4.79 Å². The van der Waals surface area contributed by atoms with Crippen molar-refractivity contribution in [1.29, 1.82) is 5.26 Å². The molecule has 106 valence electrons. The van der Waals surface area contributed by atoms with Gasteiger partial charge < -0.3 is 10.6 Å². The zero-order chi connectivity index (χ0) is 15.2. The van der Waals surface area contributed by atoms with Crippen molar-refractivity contribution >= 4 is 17.3 Å². The summed E-state index contributed by atoms with van der Waals surface area (Å²) in [6.45, 7) is -0.134. The zero-order valence-corrected chi connectivity index (χ0v) is 10.9. The molecule has 0 atom stereocenters. The Bertz CT molecular complexity index is 710. The predicted octanol–water partition coefficient (Wildman–Crippen LogP) is 2.89. The molecule has 1 amide bonds. The topological polar surface area (TPSA) is 64.9 Å². The van der Waals surface area contributed by atoms with Crippen molar-refractivity contribution in [2.24, 2.45) is 0 Å².